The van der Waals surface area contributed by atoms with Crippen LogP contribution >= 0.6 is 0 Å². The van der Waals surface area contributed by atoms with Gasteiger partial charge < -0.3 is 49.1 Å². The first-order valence-corrected chi connectivity index (χ1v) is 19.4. The van der Waals surface area contributed by atoms with Gasteiger partial charge in [0.1, 0.15) is 23.9 Å². The Morgan fingerprint density at radius 2 is 1.61 bits per heavy atom. The number of nitrogens with one attached hydrogen (secondary N) is 1. The summed E-state index contributed by atoms with van der Waals surface area (Å²) >= 11 is 0. The van der Waals surface area contributed by atoms with Gasteiger partial charge in [0.05, 0.1) is 41.8 Å². The summed E-state index contributed by atoms with van der Waals surface area (Å²) in [6.45, 7) is 11.3. The Kier molecular flexibility index (Phi) is 11.2. The summed E-state index contributed by atoms with van der Waals surface area (Å²) in [6, 6.07) is 6.77. The fourth-order valence-corrected chi connectivity index (χ4v) is 9.67. The Bertz CT molecular complexity index is 1840. The van der Waals surface area contributed by atoms with Gasteiger partial charge in [-0.2, -0.15) is 0 Å². The Labute approximate surface area is 330 Å². The van der Waals surface area contributed by atoms with Crippen LogP contribution in [-0.4, -0.2) is 118 Å². The largest absolute Gasteiger partial charge is 0.456 e. The van der Waals surface area contributed by atoms with Gasteiger partial charge in [-0.1, -0.05) is 32.0 Å². The molecule has 2 bridgehead atoms. The summed E-state index contributed by atoms with van der Waals surface area (Å²) in [5.74, 6) is -6.38. The number of fused-ring (bicyclic) bond motifs is 5. The van der Waals surface area contributed by atoms with E-state index < -0.39 is 119 Å². The molecule has 1 aromatic carbocycles. The Balaban J connectivity index is 1.53. The lowest BCUT2D eigenvalue weighted by molar-refractivity contribution is -0.346. The van der Waals surface area contributed by atoms with Crippen LogP contribution in [-0.2, 0) is 47.6 Å². The topological polar surface area (TPSA) is 231 Å². The van der Waals surface area contributed by atoms with Crippen molar-refractivity contribution in [2.45, 2.75) is 141 Å². The fourth-order valence-electron chi connectivity index (χ4n) is 9.67. The molecule has 0 aromatic heterocycles. The average Bonchev–Trinajstić information content (AvgIpc) is 3.97. The smallest absolute Gasteiger partial charge is 0.407 e. The summed E-state index contributed by atoms with van der Waals surface area (Å²) < 4.78 is 35.2. The number of rotatable bonds is 10. The summed E-state index contributed by atoms with van der Waals surface area (Å²) in [6.07, 6.45) is -10.3. The molecule has 3 saturated carbocycles. The molecule has 5 aliphatic rings. The van der Waals surface area contributed by atoms with E-state index in [4.69, 9.17) is 28.4 Å². The minimum atomic E-state index is -2.35. The maximum absolute atomic E-state index is 15.4. The number of hydrogen-bond donors (Lipinski definition) is 4. The first-order chi connectivity index (χ1) is 26.6. The van der Waals surface area contributed by atoms with Gasteiger partial charge >= 0.3 is 30.0 Å². The molecule has 6 rings (SSSR count). The zero-order valence-electron chi connectivity index (χ0n) is 33.4. The predicted molar refractivity (Wildman–Crippen MR) is 196 cm³/mol. The number of aliphatic hydroxyl groups is 3. The van der Waals surface area contributed by atoms with Crippen LogP contribution in [0.25, 0.3) is 0 Å². The Morgan fingerprint density at radius 3 is 2.16 bits per heavy atom. The maximum Gasteiger partial charge on any atom is 0.407 e. The van der Waals surface area contributed by atoms with Crippen LogP contribution in [0.3, 0.4) is 0 Å². The van der Waals surface area contributed by atoms with Gasteiger partial charge in [-0.3, -0.25) is 14.4 Å². The third-order valence-corrected chi connectivity index (χ3v) is 12.8. The monoisotopic (exact) mass is 799 g/mol. The molecule has 0 radical (unpaired) electrons. The normalized spacial score (nSPS) is 35.1. The third-order valence-electron chi connectivity index (χ3n) is 12.8. The molecule has 0 spiro atoms. The molecule has 0 unspecified atom stereocenters. The molecule has 312 valence electrons. The van der Waals surface area contributed by atoms with Crippen molar-refractivity contribution in [1.82, 2.24) is 5.32 Å². The van der Waals surface area contributed by atoms with E-state index in [0.717, 1.165) is 13.8 Å². The Hall–Kier alpha value is -4.38. The van der Waals surface area contributed by atoms with E-state index in [1.165, 1.54) is 26.0 Å². The molecular weight excluding hydrogens is 746 g/mol. The number of ketones is 1. The first kappa shape index (κ1) is 42.2. The van der Waals surface area contributed by atoms with E-state index >= 15 is 4.79 Å². The minimum Gasteiger partial charge on any atom is -0.456 e. The maximum atomic E-state index is 15.4. The SMILES string of the molecule is CC(=O)O[C@H]1C(=O)[C@@]2(C)[C@H]([C@H](OC(=O)c3ccccc3)[C@]3(O)C[C@H](OC(=O)[C@H](O)[C@@H](NC(=O)OC(C)C)C4CC4)C(C)=C1C3(C)C)[C@]1(OC(C)=O)CO[C@@H]1C[C@@H]2O. The van der Waals surface area contributed by atoms with Crippen LogP contribution in [0.1, 0.15) is 91.4 Å². The number of alkyl carbamates (subject to hydrolysis) is 1. The van der Waals surface area contributed by atoms with Crippen molar-refractivity contribution < 1.29 is 72.5 Å². The van der Waals surface area contributed by atoms with E-state index in [9.17, 15) is 39.3 Å². The van der Waals surface area contributed by atoms with Gasteiger partial charge in [0, 0.05) is 32.1 Å². The summed E-state index contributed by atoms with van der Waals surface area (Å²) in [7, 11) is 0. The number of carbonyl (C=O) groups is 6. The van der Waals surface area contributed by atoms with Gasteiger partial charge in [-0.25, -0.2) is 14.4 Å². The third kappa shape index (κ3) is 7.12. The molecule has 57 heavy (non-hydrogen) atoms. The van der Waals surface area contributed by atoms with E-state index in [2.05, 4.69) is 5.32 Å². The molecule has 1 aliphatic heterocycles. The van der Waals surface area contributed by atoms with E-state index in [-0.39, 0.29) is 35.7 Å². The number of esters is 4. The summed E-state index contributed by atoms with van der Waals surface area (Å²) in [5, 5.41) is 39.4. The van der Waals surface area contributed by atoms with Gasteiger partial charge in [0.15, 0.2) is 23.6 Å². The zero-order chi connectivity index (χ0) is 42.0. The molecule has 1 heterocycles. The van der Waals surface area contributed by atoms with E-state index in [1.807, 2.05) is 0 Å². The molecule has 1 saturated heterocycles. The minimum absolute atomic E-state index is 0.0160. The van der Waals surface area contributed by atoms with Crippen LogP contribution in [0.5, 0.6) is 0 Å². The number of amides is 1. The van der Waals surface area contributed by atoms with Gasteiger partial charge in [0.2, 0.25) is 0 Å². The van der Waals surface area contributed by atoms with Crippen LogP contribution in [0.4, 0.5) is 4.79 Å². The second-order valence-electron chi connectivity index (χ2n) is 17.1. The summed E-state index contributed by atoms with van der Waals surface area (Å²) in [5.41, 5.74) is -7.48. The molecule has 4 fully saturated rings. The van der Waals surface area contributed by atoms with Gasteiger partial charge in [-0.05, 0) is 69.7 Å². The quantitative estimate of drug-likeness (QED) is 0.151. The second-order valence-corrected chi connectivity index (χ2v) is 17.1. The Morgan fingerprint density at radius 1 is 0.965 bits per heavy atom. The van der Waals surface area contributed by atoms with Crippen molar-refractivity contribution in [3.8, 4) is 0 Å². The van der Waals surface area contributed by atoms with Crippen molar-refractivity contribution in [3.63, 3.8) is 0 Å². The number of Topliss-reactive ketones (excluding diaryl/α,β-unsaturated/α-hetero) is 1. The predicted octanol–water partition coefficient (Wildman–Crippen LogP) is 2.48. The molecule has 4 aliphatic carbocycles. The van der Waals surface area contributed by atoms with Gasteiger partial charge in [0.25, 0.3) is 0 Å². The molecule has 1 aromatic rings. The highest BCUT2D eigenvalue weighted by atomic mass is 16.6. The number of carbonyl (C=O) groups excluding carboxylic acids is 6. The number of ether oxygens (including phenoxy) is 6. The molecule has 16 nitrogen and oxygen atoms in total. The van der Waals surface area contributed by atoms with Crippen molar-refractivity contribution >= 4 is 35.8 Å². The van der Waals surface area contributed by atoms with Crippen LogP contribution in [0.2, 0.25) is 0 Å². The van der Waals surface area contributed by atoms with E-state index in [1.54, 1.807) is 45.9 Å². The lowest BCUT2D eigenvalue weighted by atomic mass is 9.44. The molecular formula is C41H53NO15. The van der Waals surface area contributed by atoms with Crippen molar-refractivity contribution in [3.05, 3.63) is 47.0 Å². The molecule has 1 amide bonds. The number of aliphatic hydroxyl groups excluding tert-OH is 2. The van der Waals surface area contributed by atoms with Crippen LogP contribution < -0.4 is 5.32 Å². The number of hydrogen-bond acceptors (Lipinski definition) is 15. The van der Waals surface area contributed by atoms with Crippen LogP contribution in [0.15, 0.2) is 41.5 Å². The highest BCUT2D eigenvalue weighted by Gasteiger charge is 2.78. The highest BCUT2D eigenvalue weighted by molar-refractivity contribution is 5.95. The highest BCUT2D eigenvalue weighted by Crippen LogP contribution is 2.64. The second kappa shape index (κ2) is 15.1. The molecule has 11 atom stereocenters. The lowest BCUT2D eigenvalue weighted by Gasteiger charge is -2.67. The number of benzene rings is 1. The zero-order valence-corrected chi connectivity index (χ0v) is 33.4. The molecule has 4 N–H and O–H groups in total. The molecule has 16 heteroatoms. The van der Waals surface area contributed by atoms with Crippen molar-refractivity contribution in [2.24, 2.45) is 22.7 Å². The van der Waals surface area contributed by atoms with Crippen molar-refractivity contribution in [1.29, 1.82) is 0 Å². The average molecular weight is 800 g/mol. The fraction of sp³-hybridized carbons (Fsp3) is 0.659. The summed E-state index contributed by atoms with van der Waals surface area (Å²) in [4.78, 5) is 81.8. The standard InChI is InChI=1S/C41H53NO15/c1-19(2)53-37(50)42-29(23-14-15-23)30(46)36(49)55-25-17-41(51)34(56-35(48)24-12-10-9-11-13-24)32-39(8,26(45)16-27-40(32,18-52-27)57-22(5)44)33(47)31(54-21(4)43)28(20(25)3)38(41,6)7/h9-13,19,23,25-27,29-32,34,45-46,51H,14-18H2,1-8H3,(H,42,50)/t25-,26-,27+,29-,30+,31+,32-,34-,39+,40-,41+/m0/s1. The van der Waals surface area contributed by atoms with Crippen molar-refractivity contribution in [2.75, 3.05) is 6.61 Å². The van der Waals surface area contributed by atoms with Crippen LogP contribution in [0, 0.1) is 22.7 Å². The van der Waals surface area contributed by atoms with E-state index in [0.29, 0.717) is 12.8 Å². The lowest BCUT2D eigenvalue weighted by Crippen LogP contribution is -2.82. The first-order valence-electron chi connectivity index (χ1n) is 19.4. The van der Waals surface area contributed by atoms with Gasteiger partial charge in [-0.15, -0.1) is 0 Å².